The van der Waals surface area contributed by atoms with E-state index in [9.17, 15) is 9.59 Å². The summed E-state index contributed by atoms with van der Waals surface area (Å²) in [6.45, 7) is 0. The third-order valence-electron chi connectivity index (χ3n) is 3.96. The lowest BCUT2D eigenvalue weighted by Crippen LogP contribution is -2.31. The number of hydrogen-bond acceptors (Lipinski definition) is 5. The van der Waals surface area contributed by atoms with E-state index in [-0.39, 0.29) is 6.42 Å². The second kappa shape index (κ2) is 6.20. The van der Waals surface area contributed by atoms with E-state index in [0.717, 1.165) is 16.7 Å². The van der Waals surface area contributed by atoms with Gasteiger partial charge in [-0.1, -0.05) is 59.8 Å². The van der Waals surface area contributed by atoms with Gasteiger partial charge < -0.3 is 9.84 Å². The van der Waals surface area contributed by atoms with Gasteiger partial charge in [0.25, 0.3) is 5.91 Å². The Morgan fingerprint density at radius 3 is 2.28 bits per heavy atom. The third-order valence-corrected chi connectivity index (χ3v) is 3.96. The van der Waals surface area contributed by atoms with E-state index in [2.05, 4.69) is 20.8 Å². The highest BCUT2D eigenvalue weighted by Crippen LogP contribution is 2.23. The Kier molecular flexibility index (Phi) is 3.74. The molecule has 2 heterocycles. The lowest BCUT2D eigenvalue weighted by molar-refractivity contribution is -0.120. The number of urea groups is 1. The highest BCUT2D eigenvalue weighted by Gasteiger charge is 2.31. The van der Waals surface area contributed by atoms with E-state index in [0.29, 0.717) is 11.7 Å². The van der Waals surface area contributed by atoms with Crippen molar-refractivity contribution in [3.05, 3.63) is 60.5 Å². The zero-order valence-corrected chi connectivity index (χ0v) is 13.1. The van der Waals surface area contributed by atoms with Crippen LogP contribution in [0.25, 0.3) is 22.5 Å². The highest BCUT2D eigenvalue weighted by molar-refractivity contribution is 6.04. The van der Waals surface area contributed by atoms with E-state index < -0.39 is 18.0 Å². The van der Waals surface area contributed by atoms with Crippen molar-refractivity contribution < 1.29 is 14.1 Å². The SMILES string of the molecule is O=C1NC(=O)[C@H](Cc2nc(-c3ccc(-c4ccccc4)cc3)no2)N1. The van der Waals surface area contributed by atoms with Crippen LogP contribution in [0.2, 0.25) is 0 Å². The number of rotatable bonds is 4. The van der Waals surface area contributed by atoms with Crippen LogP contribution in [0.4, 0.5) is 4.79 Å². The van der Waals surface area contributed by atoms with Gasteiger partial charge in [-0.2, -0.15) is 4.98 Å². The van der Waals surface area contributed by atoms with Gasteiger partial charge in [-0.15, -0.1) is 0 Å². The number of hydrogen-bond donors (Lipinski definition) is 2. The zero-order valence-electron chi connectivity index (χ0n) is 13.1. The van der Waals surface area contributed by atoms with Crippen LogP contribution in [0.3, 0.4) is 0 Å². The lowest BCUT2D eigenvalue weighted by Gasteiger charge is -2.02. The molecule has 4 rings (SSSR count). The average Bonchev–Trinajstić information content (AvgIpc) is 3.22. The fourth-order valence-electron chi connectivity index (χ4n) is 2.67. The second-order valence-corrected chi connectivity index (χ2v) is 5.67. The molecule has 0 unspecified atom stereocenters. The predicted molar refractivity (Wildman–Crippen MR) is 89.3 cm³/mol. The summed E-state index contributed by atoms with van der Waals surface area (Å²) in [6.07, 6.45) is 0.159. The van der Waals surface area contributed by atoms with Gasteiger partial charge in [-0.3, -0.25) is 10.1 Å². The quantitative estimate of drug-likeness (QED) is 0.713. The number of nitrogens with one attached hydrogen (secondary N) is 2. The van der Waals surface area contributed by atoms with Crippen molar-refractivity contribution in [1.82, 2.24) is 20.8 Å². The van der Waals surface area contributed by atoms with Crippen LogP contribution in [-0.4, -0.2) is 28.1 Å². The molecule has 0 aliphatic carbocycles. The van der Waals surface area contributed by atoms with Crippen molar-refractivity contribution in [3.8, 4) is 22.5 Å². The fourth-order valence-corrected chi connectivity index (χ4v) is 2.67. The summed E-state index contributed by atoms with van der Waals surface area (Å²) in [6, 6.07) is 16.7. The molecule has 1 aromatic heterocycles. The summed E-state index contributed by atoms with van der Waals surface area (Å²) >= 11 is 0. The minimum atomic E-state index is -0.679. The van der Waals surface area contributed by atoms with Crippen molar-refractivity contribution in [2.24, 2.45) is 0 Å². The molecule has 3 aromatic rings. The first-order valence-electron chi connectivity index (χ1n) is 7.79. The topological polar surface area (TPSA) is 97.1 Å². The molecule has 1 aliphatic rings. The molecule has 7 nitrogen and oxygen atoms in total. The molecule has 1 atom stereocenters. The van der Waals surface area contributed by atoms with E-state index in [1.165, 1.54) is 0 Å². The van der Waals surface area contributed by atoms with E-state index in [1.807, 2.05) is 54.6 Å². The van der Waals surface area contributed by atoms with Crippen molar-refractivity contribution in [3.63, 3.8) is 0 Å². The van der Waals surface area contributed by atoms with Gasteiger partial charge in [0.15, 0.2) is 0 Å². The molecule has 0 bridgehead atoms. The maximum Gasteiger partial charge on any atom is 0.322 e. The number of carbonyl (C=O) groups is 2. The maximum absolute atomic E-state index is 11.6. The number of amides is 3. The summed E-state index contributed by atoms with van der Waals surface area (Å²) in [4.78, 5) is 27.0. The van der Waals surface area contributed by atoms with Gasteiger partial charge in [-0.25, -0.2) is 4.79 Å². The molecule has 2 aromatic carbocycles. The number of carbonyl (C=O) groups excluding carboxylic acids is 2. The Morgan fingerprint density at radius 2 is 1.60 bits per heavy atom. The number of aromatic nitrogens is 2. The molecule has 3 amide bonds. The summed E-state index contributed by atoms with van der Waals surface area (Å²) in [5, 5.41) is 8.61. The van der Waals surface area contributed by atoms with Gasteiger partial charge in [-0.05, 0) is 11.1 Å². The second-order valence-electron chi connectivity index (χ2n) is 5.67. The van der Waals surface area contributed by atoms with Gasteiger partial charge in [0.2, 0.25) is 11.7 Å². The molecule has 0 radical (unpaired) electrons. The van der Waals surface area contributed by atoms with Gasteiger partial charge in [0, 0.05) is 5.56 Å². The molecule has 0 saturated carbocycles. The van der Waals surface area contributed by atoms with Gasteiger partial charge in [0.1, 0.15) is 6.04 Å². The van der Waals surface area contributed by atoms with Gasteiger partial charge in [0.05, 0.1) is 6.42 Å². The smallest absolute Gasteiger partial charge is 0.322 e. The molecule has 25 heavy (non-hydrogen) atoms. The Bertz CT molecular complexity index is 919. The summed E-state index contributed by atoms with van der Waals surface area (Å²) < 4.78 is 5.19. The van der Waals surface area contributed by atoms with Crippen molar-refractivity contribution in [1.29, 1.82) is 0 Å². The number of imide groups is 1. The van der Waals surface area contributed by atoms with E-state index in [4.69, 9.17) is 4.52 Å². The molecule has 1 saturated heterocycles. The minimum absolute atomic E-state index is 0.159. The maximum atomic E-state index is 11.6. The Hall–Kier alpha value is -3.48. The molecular formula is C18H14N4O3. The van der Waals surface area contributed by atoms with Gasteiger partial charge >= 0.3 is 6.03 Å². The first-order valence-corrected chi connectivity index (χ1v) is 7.79. The lowest BCUT2D eigenvalue weighted by atomic mass is 10.0. The Morgan fingerprint density at radius 1 is 0.920 bits per heavy atom. The molecule has 7 heteroatoms. The molecule has 2 N–H and O–H groups in total. The Labute approximate surface area is 143 Å². The van der Waals surface area contributed by atoms with E-state index in [1.54, 1.807) is 0 Å². The van der Waals surface area contributed by atoms with Crippen LogP contribution in [0.15, 0.2) is 59.1 Å². The third kappa shape index (κ3) is 3.12. The van der Waals surface area contributed by atoms with E-state index >= 15 is 0 Å². The summed E-state index contributed by atoms with van der Waals surface area (Å²) in [7, 11) is 0. The number of benzene rings is 2. The number of nitrogens with zero attached hydrogens (tertiary/aromatic N) is 2. The Balaban J connectivity index is 1.50. The molecule has 1 fully saturated rings. The standard InChI is InChI=1S/C18H14N4O3/c23-17-14(19-18(24)21-17)10-15-20-16(22-25-15)13-8-6-12(7-9-13)11-4-2-1-3-5-11/h1-9,14H,10H2,(H2,19,21,23,24)/t14-/m0/s1. The minimum Gasteiger partial charge on any atom is -0.339 e. The summed E-state index contributed by atoms with van der Waals surface area (Å²) in [5.74, 6) is 0.348. The molecule has 124 valence electrons. The zero-order chi connectivity index (χ0) is 17.2. The van der Waals surface area contributed by atoms with Crippen molar-refractivity contribution >= 4 is 11.9 Å². The first-order chi connectivity index (χ1) is 12.2. The van der Waals surface area contributed by atoms with Crippen molar-refractivity contribution in [2.75, 3.05) is 0 Å². The fraction of sp³-hybridized carbons (Fsp3) is 0.111. The normalized spacial score (nSPS) is 16.6. The highest BCUT2D eigenvalue weighted by atomic mass is 16.5. The average molecular weight is 334 g/mol. The van der Waals surface area contributed by atoms with Crippen LogP contribution < -0.4 is 10.6 Å². The van der Waals surface area contributed by atoms with Crippen LogP contribution in [0.1, 0.15) is 5.89 Å². The van der Waals surface area contributed by atoms with Crippen LogP contribution >= 0.6 is 0 Å². The van der Waals surface area contributed by atoms with Crippen molar-refractivity contribution in [2.45, 2.75) is 12.5 Å². The molecule has 1 aliphatic heterocycles. The monoisotopic (exact) mass is 334 g/mol. The molecule has 0 spiro atoms. The molecular weight excluding hydrogens is 320 g/mol. The van der Waals surface area contributed by atoms with Crippen LogP contribution in [0.5, 0.6) is 0 Å². The largest absolute Gasteiger partial charge is 0.339 e. The van der Waals surface area contributed by atoms with Crippen LogP contribution in [0, 0.1) is 0 Å². The first kappa shape index (κ1) is 15.1. The predicted octanol–water partition coefficient (Wildman–Crippen LogP) is 2.15. The van der Waals surface area contributed by atoms with Crippen LogP contribution in [-0.2, 0) is 11.2 Å². The summed E-state index contributed by atoms with van der Waals surface area (Å²) in [5.41, 5.74) is 3.04.